The van der Waals surface area contributed by atoms with Gasteiger partial charge in [0.2, 0.25) is 0 Å². The Balaban J connectivity index is 1.43. The van der Waals surface area contributed by atoms with Crippen LogP contribution in [0.5, 0.6) is 0 Å². The molecule has 0 aliphatic carbocycles. The molecule has 2 aromatic heterocycles. The van der Waals surface area contributed by atoms with Crippen molar-refractivity contribution in [3.05, 3.63) is 78.0 Å². The Bertz CT molecular complexity index is 1050. The van der Waals surface area contributed by atoms with Gasteiger partial charge >= 0.3 is 0 Å². The Morgan fingerprint density at radius 1 is 1.08 bits per heavy atom. The molecule has 4 rings (SSSR count). The second-order valence-electron chi connectivity index (χ2n) is 6.12. The maximum Gasteiger partial charge on any atom is 0.254 e. The van der Waals surface area contributed by atoms with Crippen molar-refractivity contribution in [1.82, 2.24) is 10.3 Å². The largest absolute Gasteiger partial charge is 0.390 e. The van der Waals surface area contributed by atoms with Crippen LogP contribution in [0.3, 0.4) is 0 Å². The number of amides is 1. The highest BCUT2D eigenvalue weighted by Crippen LogP contribution is 2.33. The van der Waals surface area contributed by atoms with E-state index in [1.54, 1.807) is 0 Å². The predicted molar refractivity (Wildman–Crippen MR) is 109 cm³/mol. The van der Waals surface area contributed by atoms with Crippen molar-refractivity contribution in [2.75, 3.05) is 12.3 Å². The molecule has 0 aliphatic rings. The molecule has 0 spiro atoms. The standard InChI is InChI=1S/C21H19N3OS/c22-20-17(12-19(26-20)14-6-2-1-3-7-14)21(25)23-11-10-15-13-24-18-9-5-4-8-16(15)18/h1-9,12-13,24H,10-11,22H2,(H,23,25). The van der Waals surface area contributed by atoms with E-state index in [1.807, 2.05) is 54.7 Å². The van der Waals surface area contributed by atoms with Crippen LogP contribution in [0.25, 0.3) is 21.3 Å². The molecule has 4 N–H and O–H groups in total. The summed E-state index contributed by atoms with van der Waals surface area (Å²) in [6.07, 6.45) is 2.77. The van der Waals surface area contributed by atoms with Crippen LogP contribution >= 0.6 is 11.3 Å². The second kappa shape index (κ2) is 7.06. The average Bonchev–Trinajstić information content (AvgIpc) is 3.26. The Kier molecular flexibility index (Phi) is 4.46. The summed E-state index contributed by atoms with van der Waals surface area (Å²) in [7, 11) is 0. The summed E-state index contributed by atoms with van der Waals surface area (Å²) in [5, 5.41) is 4.73. The number of aromatic nitrogens is 1. The first-order valence-corrected chi connectivity index (χ1v) is 9.32. The van der Waals surface area contributed by atoms with Crippen LogP contribution in [0, 0.1) is 0 Å². The Hall–Kier alpha value is -3.05. The quantitative estimate of drug-likeness (QED) is 0.491. The fourth-order valence-corrected chi connectivity index (χ4v) is 4.00. The van der Waals surface area contributed by atoms with Gasteiger partial charge < -0.3 is 16.0 Å². The smallest absolute Gasteiger partial charge is 0.254 e. The first-order valence-electron chi connectivity index (χ1n) is 8.50. The summed E-state index contributed by atoms with van der Waals surface area (Å²) in [5.41, 5.74) is 10.0. The fourth-order valence-electron chi connectivity index (χ4n) is 3.07. The third kappa shape index (κ3) is 3.21. The lowest BCUT2D eigenvalue weighted by atomic mass is 10.1. The van der Waals surface area contributed by atoms with E-state index in [2.05, 4.69) is 22.4 Å². The first-order chi connectivity index (χ1) is 12.7. The molecule has 2 aromatic carbocycles. The normalized spacial score (nSPS) is 10.9. The van der Waals surface area contributed by atoms with Gasteiger partial charge in [0.15, 0.2) is 0 Å². The number of hydrogen-bond donors (Lipinski definition) is 3. The van der Waals surface area contributed by atoms with Crippen LogP contribution in [0.4, 0.5) is 5.00 Å². The number of carbonyl (C=O) groups is 1. The fraction of sp³-hybridized carbons (Fsp3) is 0.0952. The molecule has 0 bridgehead atoms. The van der Waals surface area contributed by atoms with E-state index in [0.29, 0.717) is 17.1 Å². The van der Waals surface area contributed by atoms with Crippen molar-refractivity contribution in [2.45, 2.75) is 6.42 Å². The lowest BCUT2D eigenvalue weighted by Crippen LogP contribution is -2.25. The highest BCUT2D eigenvalue weighted by atomic mass is 32.1. The van der Waals surface area contributed by atoms with Crippen LogP contribution in [0.1, 0.15) is 15.9 Å². The Labute approximate surface area is 155 Å². The summed E-state index contributed by atoms with van der Waals surface area (Å²) in [6.45, 7) is 0.566. The summed E-state index contributed by atoms with van der Waals surface area (Å²) < 4.78 is 0. The molecule has 5 heteroatoms. The lowest BCUT2D eigenvalue weighted by molar-refractivity contribution is 0.0955. The van der Waals surface area contributed by atoms with E-state index in [0.717, 1.165) is 22.4 Å². The molecule has 0 atom stereocenters. The van der Waals surface area contributed by atoms with E-state index in [4.69, 9.17) is 5.73 Å². The predicted octanol–water partition coefficient (Wildman–Crippen LogP) is 4.45. The molecule has 4 aromatic rings. The number of hydrogen-bond acceptors (Lipinski definition) is 3. The number of nitrogens with two attached hydrogens (primary N) is 1. The zero-order chi connectivity index (χ0) is 17.9. The molecule has 2 heterocycles. The molecule has 0 unspecified atom stereocenters. The van der Waals surface area contributed by atoms with Gasteiger partial charge in [0, 0.05) is 28.5 Å². The summed E-state index contributed by atoms with van der Waals surface area (Å²) in [4.78, 5) is 16.8. The summed E-state index contributed by atoms with van der Waals surface area (Å²) >= 11 is 1.44. The number of nitrogens with one attached hydrogen (secondary N) is 2. The molecule has 26 heavy (non-hydrogen) atoms. The number of anilines is 1. The summed E-state index contributed by atoms with van der Waals surface area (Å²) in [5.74, 6) is -0.124. The maximum absolute atomic E-state index is 12.5. The number of fused-ring (bicyclic) bond motifs is 1. The van der Waals surface area contributed by atoms with E-state index in [-0.39, 0.29) is 5.91 Å². The van der Waals surface area contributed by atoms with E-state index < -0.39 is 0 Å². The number of thiophene rings is 1. The van der Waals surface area contributed by atoms with Crippen LogP contribution in [-0.4, -0.2) is 17.4 Å². The van der Waals surface area contributed by atoms with Gasteiger partial charge in [0.05, 0.1) is 10.6 Å². The molecule has 0 fully saturated rings. The Morgan fingerprint density at radius 2 is 1.85 bits per heavy atom. The third-order valence-corrected chi connectivity index (χ3v) is 5.43. The zero-order valence-corrected chi connectivity index (χ0v) is 15.0. The number of benzene rings is 2. The van der Waals surface area contributed by atoms with Gasteiger partial charge in [-0.05, 0) is 29.7 Å². The van der Waals surface area contributed by atoms with Gasteiger partial charge in [-0.3, -0.25) is 4.79 Å². The van der Waals surface area contributed by atoms with Crippen molar-refractivity contribution in [2.24, 2.45) is 0 Å². The molecule has 0 saturated heterocycles. The summed E-state index contributed by atoms with van der Waals surface area (Å²) in [6, 6.07) is 20.0. The maximum atomic E-state index is 12.5. The lowest BCUT2D eigenvalue weighted by Gasteiger charge is -2.04. The minimum atomic E-state index is -0.124. The number of para-hydroxylation sites is 1. The van der Waals surface area contributed by atoms with Gasteiger partial charge in [0.25, 0.3) is 5.91 Å². The van der Waals surface area contributed by atoms with Crippen molar-refractivity contribution in [1.29, 1.82) is 0 Å². The topological polar surface area (TPSA) is 70.9 Å². The van der Waals surface area contributed by atoms with Crippen LogP contribution in [0.15, 0.2) is 66.9 Å². The van der Waals surface area contributed by atoms with Gasteiger partial charge in [0.1, 0.15) is 0 Å². The third-order valence-electron chi connectivity index (χ3n) is 4.42. The van der Waals surface area contributed by atoms with Crippen LogP contribution < -0.4 is 11.1 Å². The molecule has 4 nitrogen and oxygen atoms in total. The second-order valence-corrected chi connectivity index (χ2v) is 7.20. The van der Waals surface area contributed by atoms with Crippen LogP contribution in [-0.2, 0) is 6.42 Å². The minimum absolute atomic E-state index is 0.124. The Morgan fingerprint density at radius 3 is 2.69 bits per heavy atom. The van der Waals surface area contributed by atoms with Crippen molar-refractivity contribution in [3.63, 3.8) is 0 Å². The van der Waals surface area contributed by atoms with Gasteiger partial charge in [-0.25, -0.2) is 0 Å². The SMILES string of the molecule is Nc1sc(-c2ccccc2)cc1C(=O)NCCc1c[nH]c2ccccc12. The van der Waals surface area contributed by atoms with E-state index in [9.17, 15) is 4.79 Å². The number of rotatable bonds is 5. The molecule has 0 aliphatic heterocycles. The molecule has 1 amide bonds. The molecular formula is C21H19N3OS. The highest BCUT2D eigenvalue weighted by molar-refractivity contribution is 7.19. The molecule has 130 valence electrons. The van der Waals surface area contributed by atoms with Gasteiger partial charge in [-0.2, -0.15) is 0 Å². The van der Waals surface area contributed by atoms with Crippen molar-refractivity contribution < 1.29 is 4.79 Å². The zero-order valence-electron chi connectivity index (χ0n) is 14.2. The highest BCUT2D eigenvalue weighted by Gasteiger charge is 2.15. The van der Waals surface area contributed by atoms with Crippen molar-refractivity contribution >= 4 is 33.1 Å². The van der Waals surface area contributed by atoms with E-state index in [1.165, 1.54) is 22.3 Å². The minimum Gasteiger partial charge on any atom is -0.390 e. The van der Waals surface area contributed by atoms with Crippen molar-refractivity contribution in [3.8, 4) is 10.4 Å². The monoisotopic (exact) mass is 361 g/mol. The number of aromatic amines is 1. The van der Waals surface area contributed by atoms with Crippen LogP contribution in [0.2, 0.25) is 0 Å². The van der Waals surface area contributed by atoms with E-state index >= 15 is 0 Å². The number of H-pyrrole nitrogens is 1. The molecule has 0 saturated carbocycles. The molecular weight excluding hydrogens is 342 g/mol. The number of nitrogen functional groups attached to an aromatic ring is 1. The first kappa shape index (κ1) is 16.4. The molecule has 0 radical (unpaired) electrons. The number of carbonyl (C=O) groups excluding carboxylic acids is 1. The van der Waals surface area contributed by atoms with Gasteiger partial charge in [-0.1, -0.05) is 48.5 Å². The average molecular weight is 361 g/mol. The van der Waals surface area contributed by atoms with Gasteiger partial charge in [-0.15, -0.1) is 11.3 Å².